The first-order chi connectivity index (χ1) is 16.4. The van der Waals surface area contributed by atoms with Crippen molar-refractivity contribution >= 4 is 5.91 Å². The van der Waals surface area contributed by atoms with E-state index in [-0.39, 0.29) is 17.9 Å². The van der Waals surface area contributed by atoms with Crippen LogP contribution >= 0.6 is 0 Å². The second-order valence-corrected chi connectivity index (χ2v) is 7.92. The molecule has 0 radical (unpaired) electrons. The van der Waals surface area contributed by atoms with Crippen LogP contribution in [-0.2, 0) is 6.54 Å². The van der Waals surface area contributed by atoms with E-state index in [0.29, 0.717) is 36.8 Å². The van der Waals surface area contributed by atoms with Gasteiger partial charge in [-0.25, -0.2) is 9.07 Å². The summed E-state index contributed by atoms with van der Waals surface area (Å²) >= 11 is 0. The van der Waals surface area contributed by atoms with E-state index >= 15 is 0 Å². The molecule has 0 fully saturated rings. The van der Waals surface area contributed by atoms with Gasteiger partial charge < -0.3 is 14.4 Å². The van der Waals surface area contributed by atoms with Gasteiger partial charge in [0, 0.05) is 24.8 Å². The maximum Gasteiger partial charge on any atom is 0.278 e. The first kappa shape index (κ1) is 25.0. The molecule has 0 bridgehead atoms. The summed E-state index contributed by atoms with van der Waals surface area (Å²) in [6.07, 6.45) is 1.56. The van der Waals surface area contributed by atoms with E-state index in [4.69, 9.17) is 9.47 Å². The molecule has 3 aromatic rings. The molecule has 1 heterocycles. The van der Waals surface area contributed by atoms with Gasteiger partial charge in [-0.05, 0) is 49.6 Å². The fourth-order valence-electron chi connectivity index (χ4n) is 3.60. The fraction of sp³-hybridized carbons (Fsp3) is 0.346. The van der Waals surface area contributed by atoms with Gasteiger partial charge in [-0.1, -0.05) is 32.0 Å². The molecule has 0 spiro atoms. The van der Waals surface area contributed by atoms with Gasteiger partial charge in [0.25, 0.3) is 5.91 Å². The number of benzene rings is 2. The highest BCUT2D eigenvalue weighted by molar-refractivity contribution is 5.92. The number of carbonyl (C=O) groups excluding carboxylic acids is 1. The lowest BCUT2D eigenvalue weighted by Gasteiger charge is -2.23. The van der Waals surface area contributed by atoms with Crippen molar-refractivity contribution in [3.63, 3.8) is 0 Å². The zero-order chi connectivity index (χ0) is 24.7. The van der Waals surface area contributed by atoms with Crippen molar-refractivity contribution in [2.24, 2.45) is 0 Å². The molecule has 0 N–H and O–H groups in total. The van der Waals surface area contributed by atoms with Crippen molar-refractivity contribution in [2.45, 2.75) is 40.2 Å². The van der Waals surface area contributed by atoms with Gasteiger partial charge in [-0.2, -0.15) is 5.10 Å². The number of aryl methyl sites for hydroxylation is 1. The molecule has 180 valence electrons. The summed E-state index contributed by atoms with van der Waals surface area (Å²) in [7, 11) is 1.56. The summed E-state index contributed by atoms with van der Waals surface area (Å²) < 4.78 is 26.8. The SMILES string of the molecule is CCCOc1ccc(CN(CCC)C(=O)c2nn(-c3ccccc3F)c(C)cc2=O)cc1OC. The summed E-state index contributed by atoms with van der Waals surface area (Å²) in [5.41, 5.74) is 0.669. The van der Waals surface area contributed by atoms with Gasteiger partial charge >= 0.3 is 0 Å². The lowest BCUT2D eigenvalue weighted by molar-refractivity contribution is 0.0733. The number of methoxy groups -OCH3 is 1. The van der Waals surface area contributed by atoms with Gasteiger partial charge in [-0.3, -0.25) is 9.59 Å². The number of hydrogen-bond acceptors (Lipinski definition) is 5. The van der Waals surface area contributed by atoms with Crippen molar-refractivity contribution in [2.75, 3.05) is 20.3 Å². The minimum absolute atomic E-state index is 0.170. The first-order valence-corrected chi connectivity index (χ1v) is 11.3. The fourth-order valence-corrected chi connectivity index (χ4v) is 3.60. The number of nitrogens with zero attached hydrogens (tertiary/aromatic N) is 3. The van der Waals surface area contributed by atoms with Crippen molar-refractivity contribution in [1.82, 2.24) is 14.7 Å². The molecular formula is C26H30FN3O4. The molecule has 8 heteroatoms. The summed E-state index contributed by atoms with van der Waals surface area (Å²) in [5, 5.41) is 4.26. The average molecular weight is 468 g/mol. The van der Waals surface area contributed by atoms with E-state index in [9.17, 15) is 14.0 Å². The Labute approximate surface area is 198 Å². The van der Waals surface area contributed by atoms with Crippen LogP contribution < -0.4 is 14.9 Å². The Morgan fingerprint density at radius 1 is 1.09 bits per heavy atom. The third-order valence-electron chi connectivity index (χ3n) is 5.23. The predicted octanol–water partition coefficient (Wildman–Crippen LogP) is 4.53. The standard InChI is InChI=1S/C26H30FN3O4/c1-5-13-29(17-19-11-12-23(34-14-6-2)24(16-19)33-4)26(32)25-22(31)15-18(3)30(28-25)21-10-8-7-9-20(21)27/h7-12,15-16H,5-6,13-14,17H2,1-4H3. The maximum atomic E-state index is 14.4. The molecule has 2 aromatic carbocycles. The molecule has 0 saturated heterocycles. The second kappa shape index (κ2) is 11.4. The zero-order valence-corrected chi connectivity index (χ0v) is 20.0. The van der Waals surface area contributed by atoms with Crippen LogP contribution in [0.2, 0.25) is 0 Å². The molecule has 34 heavy (non-hydrogen) atoms. The van der Waals surface area contributed by atoms with Crippen molar-refractivity contribution in [1.29, 1.82) is 0 Å². The smallest absolute Gasteiger partial charge is 0.278 e. The Bertz CT molecular complexity index is 1210. The Hall–Kier alpha value is -3.68. The molecule has 1 amide bonds. The van der Waals surface area contributed by atoms with Crippen LogP contribution in [0.4, 0.5) is 4.39 Å². The van der Waals surface area contributed by atoms with Crippen LogP contribution in [-0.4, -0.2) is 40.8 Å². The van der Waals surface area contributed by atoms with E-state index in [1.54, 1.807) is 37.1 Å². The van der Waals surface area contributed by atoms with Crippen LogP contribution in [0.25, 0.3) is 5.69 Å². The minimum Gasteiger partial charge on any atom is -0.493 e. The summed E-state index contributed by atoms with van der Waals surface area (Å²) in [6, 6.07) is 12.9. The van der Waals surface area contributed by atoms with Gasteiger partial charge in [0.15, 0.2) is 17.2 Å². The second-order valence-electron chi connectivity index (χ2n) is 7.92. The number of amides is 1. The lowest BCUT2D eigenvalue weighted by Crippen LogP contribution is -2.36. The van der Waals surface area contributed by atoms with Crippen LogP contribution in [0.15, 0.2) is 53.3 Å². The topological polar surface area (TPSA) is 73.7 Å². The molecule has 0 atom stereocenters. The van der Waals surface area contributed by atoms with Crippen molar-refractivity contribution in [3.8, 4) is 17.2 Å². The third kappa shape index (κ3) is 5.62. The molecule has 3 rings (SSSR count). The Kier molecular flexibility index (Phi) is 8.40. The molecule has 7 nitrogen and oxygen atoms in total. The number of hydrogen-bond donors (Lipinski definition) is 0. The van der Waals surface area contributed by atoms with Crippen LogP contribution in [0.5, 0.6) is 11.5 Å². The minimum atomic E-state index is -0.512. The number of carbonyl (C=O) groups is 1. The van der Waals surface area contributed by atoms with Gasteiger partial charge in [0.05, 0.1) is 13.7 Å². The highest BCUT2D eigenvalue weighted by atomic mass is 19.1. The molecule has 0 unspecified atom stereocenters. The first-order valence-electron chi connectivity index (χ1n) is 11.3. The number of halogens is 1. The molecule has 0 aliphatic rings. The van der Waals surface area contributed by atoms with Gasteiger partial charge in [0.2, 0.25) is 5.43 Å². The zero-order valence-electron chi connectivity index (χ0n) is 20.0. The Morgan fingerprint density at radius 2 is 1.85 bits per heavy atom. The average Bonchev–Trinajstić information content (AvgIpc) is 2.83. The van der Waals surface area contributed by atoms with Gasteiger partial charge in [0.1, 0.15) is 11.5 Å². The molecule has 0 aliphatic heterocycles. The third-order valence-corrected chi connectivity index (χ3v) is 5.23. The highest BCUT2D eigenvalue weighted by Crippen LogP contribution is 2.29. The number of ether oxygens (including phenoxy) is 2. The van der Waals surface area contributed by atoms with E-state index < -0.39 is 17.2 Å². The van der Waals surface area contributed by atoms with E-state index in [0.717, 1.165) is 12.0 Å². The van der Waals surface area contributed by atoms with Crippen molar-refractivity contribution in [3.05, 3.63) is 81.5 Å². The molecule has 0 aliphatic carbocycles. The summed E-state index contributed by atoms with van der Waals surface area (Å²) in [6.45, 7) is 6.86. The molecular weight excluding hydrogens is 437 g/mol. The van der Waals surface area contributed by atoms with E-state index in [1.807, 2.05) is 32.0 Å². The van der Waals surface area contributed by atoms with Crippen molar-refractivity contribution < 1.29 is 18.7 Å². The van der Waals surface area contributed by atoms with Crippen LogP contribution in [0.3, 0.4) is 0 Å². The van der Waals surface area contributed by atoms with E-state index in [1.165, 1.54) is 16.8 Å². The van der Waals surface area contributed by atoms with Crippen LogP contribution in [0, 0.1) is 12.7 Å². The predicted molar refractivity (Wildman–Crippen MR) is 128 cm³/mol. The number of aromatic nitrogens is 2. The lowest BCUT2D eigenvalue weighted by atomic mass is 10.1. The quantitative estimate of drug-likeness (QED) is 0.438. The molecule has 0 saturated carbocycles. The Balaban J connectivity index is 1.94. The largest absolute Gasteiger partial charge is 0.493 e. The monoisotopic (exact) mass is 467 g/mol. The van der Waals surface area contributed by atoms with Gasteiger partial charge in [-0.15, -0.1) is 0 Å². The van der Waals surface area contributed by atoms with E-state index in [2.05, 4.69) is 5.10 Å². The number of para-hydroxylation sites is 1. The Morgan fingerprint density at radius 3 is 2.53 bits per heavy atom. The maximum absolute atomic E-state index is 14.4. The molecule has 1 aromatic heterocycles. The highest BCUT2D eigenvalue weighted by Gasteiger charge is 2.22. The summed E-state index contributed by atoms with van der Waals surface area (Å²) in [4.78, 5) is 27.7. The van der Waals surface area contributed by atoms with Crippen LogP contribution in [0.1, 0.15) is 48.4 Å². The normalized spacial score (nSPS) is 10.7. The number of rotatable bonds is 10. The summed E-state index contributed by atoms with van der Waals surface area (Å²) in [5.74, 6) is 0.199.